The predicted molar refractivity (Wildman–Crippen MR) is 87.1 cm³/mol. The van der Waals surface area contributed by atoms with Crippen molar-refractivity contribution in [1.82, 2.24) is 0 Å². The van der Waals surface area contributed by atoms with Crippen LogP contribution in [-0.4, -0.2) is 11.9 Å². The molecule has 3 heteroatoms. The molecule has 1 aromatic carbocycles. The van der Waals surface area contributed by atoms with E-state index in [0.717, 1.165) is 24.2 Å². The van der Waals surface area contributed by atoms with Gasteiger partial charge in [-0.25, -0.2) is 0 Å². The first-order chi connectivity index (χ1) is 9.36. The minimum absolute atomic E-state index is 0.0388. The van der Waals surface area contributed by atoms with E-state index in [0.29, 0.717) is 17.9 Å². The van der Waals surface area contributed by atoms with Gasteiger partial charge in [-0.2, -0.15) is 0 Å². The second-order valence-corrected chi connectivity index (χ2v) is 6.36. The van der Waals surface area contributed by atoms with Crippen molar-refractivity contribution in [2.45, 2.75) is 53.5 Å². The lowest BCUT2D eigenvalue weighted by Gasteiger charge is -2.24. The van der Waals surface area contributed by atoms with Crippen molar-refractivity contribution in [2.24, 2.45) is 11.8 Å². The molecule has 0 fully saturated rings. The van der Waals surface area contributed by atoms with Gasteiger partial charge in [0.25, 0.3) is 0 Å². The molecule has 1 rings (SSSR count). The maximum absolute atomic E-state index is 11.1. The Morgan fingerprint density at radius 3 is 2.10 bits per heavy atom. The molecular formula is C17H28N2O. The molecule has 3 nitrogen and oxygen atoms in total. The first-order valence-corrected chi connectivity index (χ1v) is 7.51. The maximum atomic E-state index is 11.1. The average molecular weight is 276 g/mol. The van der Waals surface area contributed by atoms with Gasteiger partial charge in [0.1, 0.15) is 0 Å². The van der Waals surface area contributed by atoms with Gasteiger partial charge in [0.15, 0.2) is 0 Å². The summed E-state index contributed by atoms with van der Waals surface area (Å²) in [6.07, 6.45) is 2.31. The summed E-state index contributed by atoms with van der Waals surface area (Å²) < 4.78 is 0. The van der Waals surface area contributed by atoms with Crippen molar-refractivity contribution in [3.63, 3.8) is 0 Å². The van der Waals surface area contributed by atoms with Crippen LogP contribution in [0.3, 0.4) is 0 Å². The Morgan fingerprint density at radius 1 is 1.05 bits per heavy atom. The normalized spacial score (nSPS) is 11.2. The first-order valence-electron chi connectivity index (χ1n) is 7.51. The number of benzene rings is 1. The van der Waals surface area contributed by atoms with Crippen molar-refractivity contribution in [3.05, 3.63) is 24.3 Å². The molecule has 0 heterocycles. The summed E-state index contributed by atoms with van der Waals surface area (Å²) in [6, 6.07) is 8.40. The molecule has 0 radical (unpaired) electrons. The number of hydrogen-bond acceptors (Lipinski definition) is 2. The number of anilines is 2. The summed E-state index contributed by atoms with van der Waals surface area (Å²) >= 11 is 0. The molecule has 0 aliphatic carbocycles. The molecule has 0 saturated heterocycles. The van der Waals surface area contributed by atoms with Crippen LogP contribution >= 0.6 is 0 Å². The Labute approximate surface area is 123 Å². The summed E-state index contributed by atoms with van der Waals surface area (Å²) in [6.45, 7) is 10.5. The Morgan fingerprint density at radius 2 is 1.60 bits per heavy atom. The third-order valence-corrected chi connectivity index (χ3v) is 3.07. The smallest absolute Gasteiger partial charge is 0.221 e. The van der Waals surface area contributed by atoms with E-state index in [9.17, 15) is 4.79 Å². The van der Waals surface area contributed by atoms with E-state index in [1.807, 2.05) is 18.2 Å². The Balaban J connectivity index is 2.73. The molecule has 0 aromatic heterocycles. The highest BCUT2D eigenvalue weighted by Crippen LogP contribution is 2.21. The van der Waals surface area contributed by atoms with E-state index >= 15 is 0 Å². The number of rotatable bonds is 7. The first kappa shape index (κ1) is 16.5. The highest BCUT2D eigenvalue weighted by Gasteiger charge is 2.13. The van der Waals surface area contributed by atoms with E-state index in [4.69, 9.17) is 0 Å². The van der Waals surface area contributed by atoms with Gasteiger partial charge in [0.05, 0.1) is 0 Å². The maximum Gasteiger partial charge on any atom is 0.221 e. The molecule has 112 valence electrons. The Kier molecular flexibility index (Phi) is 6.56. The zero-order valence-corrected chi connectivity index (χ0v) is 13.4. The van der Waals surface area contributed by atoms with Gasteiger partial charge < -0.3 is 10.6 Å². The fourth-order valence-electron chi connectivity index (χ4n) is 2.48. The molecule has 1 amide bonds. The van der Waals surface area contributed by atoms with Gasteiger partial charge >= 0.3 is 0 Å². The standard InChI is InChI=1S/C17H28N2O/c1-12(2)9-17(10-13(3)4)19-16-8-6-7-15(11-16)18-14(5)20/h6-8,11-13,17,19H,9-10H2,1-5H3,(H,18,20). The van der Waals surface area contributed by atoms with Gasteiger partial charge in [0, 0.05) is 24.3 Å². The number of carbonyl (C=O) groups excluding carboxylic acids is 1. The van der Waals surface area contributed by atoms with E-state index in [1.165, 1.54) is 6.92 Å². The molecule has 0 bridgehead atoms. The molecule has 2 N–H and O–H groups in total. The van der Waals surface area contributed by atoms with Gasteiger partial charge in [0.2, 0.25) is 5.91 Å². The predicted octanol–water partition coefficient (Wildman–Crippen LogP) is 4.52. The van der Waals surface area contributed by atoms with Crippen LogP contribution in [0.1, 0.15) is 47.5 Å². The van der Waals surface area contributed by atoms with Crippen LogP contribution in [0, 0.1) is 11.8 Å². The lowest BCUT2D eigenvalue weighted by atomic mass is 9.95. The van der Waals surface area contributed by atoms with Crippen LogP contribution in [0.2, 0.25) is 0 Å². The quantitative estimate of drug-likeness (QED) is 0.769. The molecule has 1 aromatic rings. The van der Waals surface area contributed by atoms with Crippen LogP contribution in [0.5, 0.6) is 0 Å². The summed E-state index contributed by atoms with van der Waals surface area (Å²) in [5.74, 6) is 1.30. The number of hydrogen-bond donors (Lipinski definition) is 2. The summed E-state index contributed by atoms with van der Waals surface area (Å²) in [5.41, 5.74) is 1.91. The van der Waals surface area contributed by atoms with E-state index in [1.54, 1.807) is 0 Å². The number of amides is 1. The van der Waals surface area contributed by atoms with Crippen molar-refractivity contribution in [2.75, 3.05) is 10.6 Å². The van der Waals surface area contributed by atoms with Crippen molar-refractivity contribution in [1.29, 1.82) is 0 Å². The number of carbonyl (C=O) groups is 1. The van der Waals surface area contributed by atoms with Gasteiger partial charge in [-0.15, -0.1) is 0 Å². The van der Waals surface area contributed by atoms with Crippen LogP contribution in [0.4, 0.5) is 11.4 Å². The fraction of sp³-hybridized carbons (Fsp3) is 0.588. The lowest BCUT2D eigenvalue weighted by molar-refractivity contribution is -0.114. The topological polar surface area (TPSA) is 41.1 Å². The lowest BCUT2D eigenvalue weighted by Crippen LogP contribution is -2.23. The molecule has 0 atom stereocenters. The van der Waals surface area contributed by atoms with Crippen molar-refractivity contribution < 1.29 is 4.79 Å². The zero-order valence-electron chi connectivity index (χ0n) is 13.4. The molecule has 0 saturated carbocycles. The summed E-state index contributed by atoms with van der Waals surface area (Å²) in [5, 5.41) is 6.43. The van der Waals surface area contributed by atoms with E-state index < -0.39 is 0 Å². The molecular weight excluding hydrogens is 248 g/mol. The monoisotopic (exact) mass is 276 g/mol. The van der Waals surface area contributed by atoms with Crippen LogP contribution in [0.25, 0.3) is 0 Å². The number of nitrogens with one attached hydrogen (secondary N) is 2. The van der Waals surface area contributed by atoms with Gasteiger partial charge in [-0.3, -0.25) is 4.79 Å². The highest BCUT2D eigenvalue weighted by molar-refractivity contribution is 5.89. The Hall–Kier alpha value is -1.51. The minimum Gasteiger partial charge on any atom is -0.382 e. The van der Waals surface area contributed by atoms with Crippen molar-refractivity contribution in [3.8, 4) is 0 Å². The summed E-state index contributed by atoms with van der Waals surface area (Å²) in [4.78, 5) is 11.1. The van der Waals surface area contributed by atoms with E-state index in [-0.39, 0.29) is 5.91 Å². The van der Waals surface area contributed by atoms with Crippen LogP contribution in [0.15, 0.2) is 24.3 Å². The molecule has 0 aliphatic heterocycles. The van der Waals surface area contributed by atoms with Gasteiger partial charge in [-0.05, 0) is 42.9 Å². The van der Waals surface area contributed by atoms with Crippen LogP contribution in [-0.2, 0) is 4.79 Å². The Bertz CT molecular complexity index is 417. The largest absolute Gasteiger partial charge is 0.382 e. The minimum atomic E-state index is -0.0388. The molecule has 0 aliphatic rings. The molecule has 0 unspecified atom stereocenters. The van der Waals surface area contributed by atoms with Crippen molar-refractivity contribution >= 4 is 17.3 Å². The second kappa shape index (κ2) is 7.93. The summed E-state index contributed by atoms with van der Waals surface area (Å²) in [7, 11) is 0. The second-order valence-electron chi connectivity index (χ2n) is 6.36. The third kappa shape index (κ3) is 6.60. The SMILES string of the molecule is CC(=O)Nc1cccc(NC(CC(C)C)CC(C)C)c1. The van der Waals surface area contributed by atoms with Gasteiger partial charge in [-0.1, -0.05) is 33.8 Å². The molecule has 20 heavy (non-hydrogen) atoms. The highest BCUT2D eigenvalue weighted by atomic mass is 16.1. The van der Waals surface area contributed by atoms with Crippen LogP contribution < -0.4 is 10.6 Å². The zero-order chi connectivity index (χ0) is 15.1. The average Bonchev–Trinajstić information content (AvgIpc) is 2.26. The third-order valence-electron chi connectivity index (χ3n) is 3.07. The molecule has 0 spiro atoms. The fourth-order valence-corrected chi connectivity index (χ4v) is 2.48. The van der Waals surface area contributed by atoms with E-state index in [2.05, 4.69) is 44.4 Å².